The van der Waals surface area contributed by atoms with Crippen molar-refractivity contribution in [3.63, 3.8) is 0 Å². The lowest BCUT2D eigenvalue weighted by molar-refractivity contribution is 0.626. The number of nitrogens with one attached hydrogen (secondary N) is 1. The molecule has 0 bridgehead atoms. The highest BCUT2D eigenvalue weighted by Crippen LogP contribution is 2.25. The molecule has 0 aliphatic heterocycles. The molecule has 3 nitrogen and oxygen atoms in total. The molecule has 3 rings (SSSR count). The average Bonchev–Trinajstić information content (AvgIpc) is 2.65. The van der Waals surface area contributed by atoms with Crippen molar-refractivity contribution in [3.05, 3.63) is 51.1 Å². The van der Waals surface area contributed by atoms with E-state index in [1.807, 2.05) is 19.1 Å². The van der Waals surface area contributed by atoms with Crippen molar-refractivity contribution in [1.82, 2.24) is 14.5 Å². The molecule has 0 spiro atoms. The maximum absolute atomic E-state index is 13.2. The lowest BCUT2D eigenvalue weighted by Crippen LogP contribution is -1.98. The molecule has 0 radical (unpaired) electrons. The van der Waals surface area contributed by atoms with Gasteiger partial charge in [0.15, 0.2) is 10.4 Å². The topological polar surface area (TPSA) is 33.6 Å². The SMILES string of the molecule is Cc1ccc2[nH]c(=S)n(-c3ccc(F)cc3Br)c2n1. The van der Waals surface area contributed by atoms with Gasteiger partial charge in [-0.15, -0.1) is 0 Å². The van der Waals surface area contributed by atoms with Gasteiger partial charge in [0, 0.05) is 10.2 Å². The Bertz CT molecular complexity index is 838. The molecule has 2 aromatic heterocycles. The first-order valence-corrected chi connectivity index (χ1v) is 6.80. The molecule has 2 heterocycles. The molecule has 0 unspecified atom stereocenters. The summed E-state index contributed by atoms with van der Waals surface area (Å²) >= 11 is 8.68. The highest BCUT2D eigenvalue weighted by Gasteiger charge is 2.11. The van der Waals surface area contributed by atoms with Crippen LogP contribution in [0.25, 0.3) is 16.9 Å². The number of hydrogen-bond donors (Lipinski definition) is 1. The fourth-order valence-electron chi connectivity index (χ4n) is 1.96. The Balaban J connectivity index is 2.38. The van der Waals surface area contributed by atoms with Crippen molar-refractivity contribution in [2.75, 3.05) is 0 Å². The first-order valence-electron chi connectivity index (χ1n) is 5.60. The number of rotatable bonds is 1. The number of halogens is 2. The molecule has 0 saturated heterocycles. The zero-order valence-corrected chi connectivity index (χ0v) is 12.3. The molecule has 96 valence electrons. The molecule has 6 heteroatoms. The van der Waals surface area contributed by atoms with Crippen LogP contribution in [0.3, 0.4) is 0 Å². The molecule has 0 fully saturated rings. The molecular formula is C13H9BrFN3S. The average molecular weight is 338 g/mol. The lowest BCUT2D eigenvalue weighted by Gasteiger charge is -2.07. The molecular weight excluding hydrogens is 329 g/mol. The summed E-state index contributed by atoms with van der Waals surface area (Å²) < 4.78 is 16.1. The Morgan fingerprint density at radius 3 is 2.84 bits per heavy atom. The number of nitrogens with zero attached hydrogens (tertiary/aromatic N) is 2. The van der Waals surface area contributed by atoms with E-state index in [0.29, 0.717) is 9.24 Å². The van der Waals surface area contributed by atoms with E-state index in [0.717, 1.165) is 22.5 Å². The molecule has 1 N–H and O–H groups in total. The van der Waals surface area contributed by atoms with Gasteiger partial charge >= 0.3 is 0 Å². The minimum Gasteiger partial charge on any atom is -0.329 e. The first-order chi connectivity index (χ1) is 9.06. The number of aromatic nitrogens is 3. The quantitative estimate of drug-likeness (QED) is 0.672. The number of aryl methyl sites for hydroxylation is 1. The summed E-state index contributed by atoms with van der Waals surface area (Å²) in [5, 5.41) is 0. The normalized spacial score (nSPS) is 11.1. The van der Waals surface area contributed by atoms with Crippen molar-refractivity contribution in [2.24, 2.45) is 0 Å². The van der Waals surface area contributed by atoms with Crippen molar-refractivity contribution < 1.29 is 4.39 Å². The van der Waals surface area contributed by atoms with Crippen LogP contribution >= 0.6 is 28.1 Å². The van der Waals surface area contributed by atoms with Crippen LogP contribution in [0.4, 0.5) is 4.39 Å². The largest absolute Gasteiger partial charge is 0.329 e. The Labute approximate surface area is 122 Å². The van der Waals surface area contributed by atoms with Gasteiger partial charge in [0.2, 0.25) is 0 Å². The third-order valence-corrected chi connectivity index (χ3v) is 3.74. The summed E-state index contributed by atoms with van der Waals surface area (Å²) in [6.45, 7) is 1.92. The molecule has 3 aromatic rings. The monoisotopic (exact) mass is 337 g/mol. The standard InChI is InChI=1S/C13H9BrFN3S/c1-7-2-4-10-12(16-7)18(13(19)17-10)11-5-3-8(15)6-9(11)14/h2-6H,1H3,(H,17,19). The Morgan fingerprint density at radius 2 is 2.11 bits per heavy atom. The number of H-pyrrole nitrogens is 1. The highest BCUT2D eigenvalue weighted by molar-refractivity contribution is 9.10. The third-order valence-electron chi connectivity index (χ3n) is 2.82. The van der Waals surface area contributed by atoms with Crippen molar-refractivity contribution >= 4 is 39.3 Å². The third kappa shape index (κ3) is 2.11. The number of pyridine rings is 1. The lowest BCUT2D eigenvalue weighted by atomic mass is 10.3. The van der Waals surface area contributed by atoms with Crippen molar-refractivity contribution in [1.29, 1.82) is 0 Å². The zero-order valence-electron chi connectivity index (χ0n) is 9.95. The van der Waals surface area contributed by atoms with Crippen LogP contribution in [0.15, 0.2) is 34.8 Å². The highest BCUT2D eigenvalue weighted by atomic mass is 79.9. The minimum atomic E-state index is -0.300. The van der Waals surface area contributed by atoms with E-state index in [-0.39, 0.29) is 5.82 Å². The second-order valence-corrected chi connectivity index (χ2v) is 5.43. The smallest absolute Gasteiger partial charge is 0.184 e. The fourth-order valence-corrected chi connectivity index (χ4v) is 2.79. The van der Waals surface area contributed by atoms with Gasteiger partial charge in [-0.1, -0.05) is 0 Å². The summed E-state index contributed by atoms with van der Waals surface area (Å²) in [5.41, 5.74) is 3.24. The van der Waals surface area contributed by atoms with E-state index in [1.165, 1.54) is 12.1 Å². The van der Waals surface area contributed by atoms with Gasteiger partial charge in [-0.3, -0.25) is 4.57 Å². The van der Waals surface area contributed by atoms with Crippen LogP contribution in [0.5, 0.6) is 0 Å². The molecule has 0 aliphatic rings. The van der Waals surface area contributed by atoms with Gasteiger partial charge in [0.1, 0.15) is 5.82 Å². The van der Waals surface area contributed by atoms with Crippen LogP contribution in [0.2, 0.25) is 0 Å². The summed E-state index contributed by atoms with van der Waals surface area (Å²) in [4.78, 5) is 7.58. The molecule has 0 atom stereocenters. The number of aromatic amines is 1. The van der Waals surface area contributed by atoms with Gasteiger partial charge in [0.05, 0.1) is 11.2 Å². The van der Waals surface area contributed by atoms with Crippen LogP contribution in [0.1, 0.15) is 5.69 Å². The first kappa shape index (κ1) is 12.5. The van der Waals surface area contributed by atoms with E-state index in [4.69, 9.17) is 12.2 Å². The molecule has 0 amide bonds. The fraction of sp³-hybridized carbons (Fsp3) is 0.0769. The Kier molecular flexibility index (Phi) is 2.99. The second-order valence-electron chi connectivity index (χ2n) is 4.19. The van der Waals surface area contributed by atoms with Crippen LogP contribution in [-0.4, -0.2) is 14.5 Å². The van der Waals surface area contributed by atoms with Gasteiger partial charge < -0.3 is 4.98 Å². The van der Waals surface area contributed by atoms with E-state index in [2.05, 4.69) is 25.9 Å². The summed E-state index contributed by atoms with van der Waals surface area (Å²) in [6.07, 6.45) is 0. The van der Waals surface area contributed by atoms with Crippen LogP contribution < -0.4 is 0 Å². The summed E-state index contributed by atoms with van der Waals surface area (Å²) in [5.74, 6) is -0.300. The van der Waals surface area contributed by atoms with Gasteiger partial charge in [0.25, 0.3) is 0 Å². The zero-order chi connectivity index (χ0) is 13.6. The van der Waals surface area contributed by atoms with Gasteiger partial charge in [-0.2, -0.15) is 0 Å². The van der Waals surface area contributed by atoms with Gasteiger partial charge in [-0.25, -0.2) is 9.37 Å². The number of imidazole rings is 1. The number of fused-ring (bicyclic) bond motifs is 1. The summed E-state index contributed by atoms with van der Waals surface area (Å²) in [7, 11) is 0. The maximum atomic E-state index is 13.2. The molecule has 19 heavy (non-hydrogen) atoms. The van der Waals surface area contributed by atoms with Crippen molar-refractivity contribution in [3.8, 4) is 5.69 Å². The van der Waals surface area contributed by atoms with E-state index in [9.17, 15) is 4.39 Å². The van der Waals surface area contributed by atoms with E-state index in [1.54, 1.807) is 10.6 Å². The minimum absolute atomic E-state index is 0.300. The Morgan fingerprint density at radius 1 is 1.32 bits per heavy atom. The number of benzene rings is 1. The maximum Gasteiger partial charge on any atom is 0.184 e. The summed E-state index contributed by atoms with van der Waals surface area (Å²) in [6, 6.07) is 8.33. The predicted molar refractivity (Wildman–Crippen MR) is 78.6 cm³/mol. The van der Waals surface area contributed by atoms with Crippen LogP contribution in [-0.2, 0) is 0 Å². The molecule has 0 aliphatic carbocycles. The Hall–Kier alpha value is -1.53. The molecule has 1 aromatic carbocycles. The number of hydrogen-bond acceptors (Lipinski definition) is 2. The van der Waals surface area contributed by atoms with Crippen LogP contribution in [0, 0.1) is 17.5 Å². The second kappa shape index (κ2) is 4.54. The molecule has 0 saturated carbocycles. The van der Waals surface area contributed by atoms with Gasteiger partial charge in [-0.05, 0) is 65.4 Å². The van der Waals surface area contributed by atoms with Crippen molar-refractivity contribution in [2.45, 2.75) is 6.92 Å². The predicted octanol–water partition coefficient (Wildman–Crippen LogP) is 4.29. The van der Waals surface area contributed by atoms with E-state index >= 15 is 0 Å². The van der Waals surface area contributed by atoms with E-state index < -0.39 is 0 Å².